The molecule has 3 nitrogen and oxygen atoms in total. The zero-order valence-electron chi connectivity index (χ0n) is 9.37. The molecule has 0 saturated carbocycles. The zero-order valence-corrected chi connectivity index (χ0v) is 11.0. The lowest BCUT2D eigenvalue weighted by atomic mass is 10.2. The monoisotopic (exact) mass is 279 g/mol. The van der Waals surface area contributed by atoms with Crippen LogP contribution >= 0.6 is 15.9 Å². The minimum atomic E-state index is 0.507. The molecule has 0 aliphatic rings. The molecule has 2 aromatic rings. The Labute approximate surface area is 103 Å². The highest BCUT2D eigenvalue weighted by molar-refractivity contribution is 9.10. The van der Waals surface area contributed by atoms with Gasteiger partial charge in [-0.25, -0.2) is 4.68 Å². The Morgan fingerprint density at radius 2 is 2.06 bits per heavy atom. The summed E-state index contributed by atoms with van der Waals surface area (Å²) in [4.78, 5) is 0. The van der Waals surface area contributed by atoms with Gasteiger partial charge in [0.2, 0.25) is 0 Å². The van der Waals surface area contributed by atoms with E-state index in [-0.39, 0.29) is 0 Å². The summed E-state index contributed by atoms with van der Waals surface area (Å²) in [5, 5.41) is 4.46. The molecule has 2 N–H and O–H groups in total. The third-order valence-corrected chi connectivity index (χ3v) is 2.99. The van der Waals surface area contributed by atoms with Gasteiger partial charge in [0.05, 0.1) is 11.4 Å². The molecule has 0 bridgehead atoms. The van der Waals surface area contributed by atoms with Crippen molar-refractivity contribution in [1.82, 2.24) is 9.78 Å². The van der Waals surface area contributed by atoms with Crippen LogP contribution in [0.25, 0.3) is 5.69 Å². The molecule has 0 unspecified atom stereocenters. The lowest BCUT2D eigenvalue weighted by Crippen LogP contribution is -2.07. The maximum absolute atomic E-state index is 5.75. The van der Waals surface area contributed by atoms with Gasteiger partial charge in [-0.1, -0.05) is 15.9 Å². The van der Waals surface area contributed by atoms with Gasteiger partial charge in [0.1, 0.15) is 0 Å². The zero-order chi connectivity index (χ0) is 11.7. The highest BCUT2D eigenvalue weighted by Gasteiger charge is 2.08. The van der Waals surface area contributed by atoms with Crippen molar-refractivity contribution in [2.45, 2.75) is 20.4 Å². The van der Waals surface area contributed by atoms with Crippen LogP contribution in [0.2, 0.25) is 0 Å². The largest absolute Gasteiger partial charge is 0.326 e. The molecule has 0 spiro atoms. The predicted molar refractivity (Wildman–Crippen MR) is 68.6 cm³/mol. The average molecular weight is 280 g/mol. The molecular weight excluding hydrogens is 266 g/mol. The molecule has 1 aromatic carbocycles. The quantitative estimate of drug-likeness (QED) is 0.919. The molecule has 16 heavy (non-hydrogen) atoms. The summed E-state index contributed by atoms with van der Waals surface area (Å²) in [7, 11) is 0. The van der Waals surface area contributed by atoms with Gasteiger partial charge in [0, 0.05) is 16.7 Å². The van der Waals surface area contributed by atoms with E-state index in [2.05, 4.69) is 27.1 Å². The number of benzene rings is 1. The number of rotatable bonds is 2. The van der Waals surface area contributed by atoms with Gasteiger partial charge in [-0.3, -0.25) is 0 Å². The molecule has 0 aliphatic carbocycles. The first-order valence-electron chi connectivity index (χ1n) is 5.14. The van der Waals surface area contributed by atoms with Crippen molar-refractivity contribution in [3.05, 3.63) is 45.7 Å². The summed E-state index contributed by atoms with van der Waals surface area (Å²) in [5.41, 5.74) is 10.0. The molecule has 2 rings (SSSR count). The molecule has 1 aromatic heterocycles. The van der Waals surface area contributed by atoms with Gasteiger partial charge < -0.3 is 5.73 Å². The normalized spacial score (nSPS) is 10.8. The van der Waals surface area contributed by atoms with E-state index >= 15 is 0 Å². The highest BCUT2D eigenvalue weighted by atomic mass is 79.9. The Balaban J connectivity index is 2.59. The fourth-order valence-corrected chi connectivity index (χ4v) is 2.21. The number of aromatic nitrogens is 2. The van der Waals surface area contributed by atoms with Crippen LogP contribution in [0.1, 0.15) is 17.0 Å². The summed E-state index contributed by atoms with van der Waals surface area (Å²) in [6, 6.07) is 8.13. The van der Waals surface area contributed by atoms with Gasteiger partial charge in [-0.2, -0.15) is 5.10 Å². The number of hydrogen-bond donors (Lipinski definition) is 1. The summed E-state index contributed by atoms with van der Waals surface area (Å²) < 4.78 is 2.97. The van der Waals surface area contributed by atoms with Crippen molar-refractivity contribution < 1.29 is 0 Å². The van der Waals surface area contributed by atoms with E-state index in [4.69, 9.17) is 5.73 Å². The maximum Gasteiger partial charge on any atom is 0.0694 e. The average Bonchev–Trinajstić information content (AvgIpc) is 2.57. The van der Waals surface area contributed by atoms with Gasteiger partial charge in [-0.15, -0.1) is 0 Å². The number of halogens is 1. The van der Waals surface area contributed by atoms with E-state index in [1.807, 2.05) is 36.7 Å². The van der Waals surface area contributed by atoms with E-state index < -0.39 is 0 Å². The Morgan fingerprint density at radius 1 is 1.31 bits per heavy atom. The molecule has 0 fully saturated rings. The summed E-state index contributed by atoms with van der Waals surface area (Å²) in [6.45, 7) is 4.54. The van der Waals surface area contributed by atoms with Gasteiger partial charge >= 0.3 is 0 Å². The van der Waals surface area contributed by atoms with Crippen molar-refractivity contribution in [2.24, 2.45) is 5.73 Å². The molecule has 1 heterocycles. The van der Waals surface area contributed by atoms with Crippen LogP contribution < -0.4 is 5.73 Å². The number of nitrogens with zero attached hydrogens (tertiary/aromatic N) is 2. The van der Waals surface area contributed by atoms with Crippen LogP contribution in [0.4, 0.5) is 0 Å². The molecule has 0 radical (unpaired) electrons. The third-order valence-electron chi connectivity index (χ3n) is 2.50. The standard InChI is InChI=1S/C12H14BrN3/c1-8-5-9(2)16(15-8)12-4-3-11(13)6-10(12)7-14/h3-6H,7,14H2,1-2H3. The molecule has 0 saturated heterocycles. The third kappa shape index (κ3) is 2.03. The van der Waals surface area contributed by atoms with E-state index in [1.54, 1.807) is 0 Å². The van der Waals surface area contributed by atoms with Crippen molar-refractivity contribution in [3.63, 3.8) is 0 Å². The highest BCUT2D eigenvalue weighted by Crippen LogP contribution is 2.21. The van der Waals surface area contributed by atoms with Crippen LogP contribution in [0, 0.1) is 13.8 Å². The topological polar surface area (TPSA) is 43.8 Å². The van der Waals surface area contributed by atoms with E-state index in [1.165, 1.54) is 0 Å². The maximum atomic E-state index is 5.75. The minimum Gasteiger partial charge on any atom is -0.326 e. The van der Waals surface area contributed by atoms with Crippen molar-refractivity contribution in [3.8, 4) is 5.69 Å². The van der Waals surface area contributed by atoms with Crippen LogP contribution in [0.5, 0.6) is 0 Å². The number of aryl methyl sites for hydroxylation is 2. The van der Waals surface area contributed by atoms with Crippen LogP contribution in [0.3, 0.4) is 0 Å². The first kappa shape index (κ1) is 11.4. The second kappa shape index (κ2) is 4.39. The van der Waals surface area contributed by atoms with Crippen LogP contribution in [-0.4, -0.2) is 9.78 Å². The Kier molecular flexibility index (Phi) is 3.12. The summed E-state index contributed by atoms with van der Waals surface area (Å²) >= 11 is 3.45. The fraction of sp³-hybridized carbons (Fsp3) is 0.250. The molecule has 84 valence electrons. The van der Waals surface area contributed by atoms with E-state index in [0.29, 0.717) is 6.54 Å². The summed E-state index contributed by atoms with van der Waals surface area (Å²) in [6.07, 6.45) is 0. The number of hydrogen-bond acceptors (Lipinski definition) is 2. The first-order valence-corrected chi connectivity index (χ1v) is 5.93. The van der Waals surface area contributed by atoms with E-state index in [0.717, 1.165) is 27.1 Å². The predicted octanol–water partition coefficient (Wildman–Crippen LogP) is 2.71. The lowest BCUT2D eigenvalue weighted by Gasteiger charge is -2.10. The summed E-state index contributed by atoms with van der Waals surface area (Å²) in [5.74, 6) is 0. The van der Waals surface area contributed by atoms with Crippen molar-refractivity contribution in [1.29, 1.82) is 0 Å². The van der Waals surface area contributed by atoms with Crippen molar-refractivity contribution in [2.75, 3.05) is 0 Å². The smallest absolute Gasteiger partial charge is 0.0694 e. The lowest BCUT2D eigenvalue weighted by molar-refractivity contribution is 0.817. The molecule has 4 heteroatoms. The van der Waals surface area contributed by atoms with Crippen molar-refractivity contribution >= 4 is 15.9 Å². The molecular formula is C12H14BrN3. The van der Waals surface area contributed by atoms with E-state index in [9.17, 15) is 0 Å². The van der Waals surface area contributed by atoms with Crippen LogP contribution in [-0.2, 0) is 6.54 Å². The Bertz CT molecular complexity index is 517. The minimum absolute atomic E-state index is 0.507. The molecule has 0 amide bonds. The second-order valence-electron chi connectivity index (χ2n) is 3.82. The first-order chi connectivity index (χ1) is 7.61. The van der Waals surface area contributed by atoms with Gasteiger partial charge in [-0.05, 0) is 43.7 Å². The second-order valence-corrected chi connectivity index (χ2v) is 4.73. The number of nitrogens with two attached hydrogens (primary N) is 1. The van der Waals surface area contributed by atoms with Gasteiger partial charge in [0.25, 0.3) is 0 Å². The van der Waals surface area contributed by atoms with Crippen LogP contribution in [0.15, 0.2) is 28.7 Å². The Morgan fingerprint density at radius 3 is 2.62 bits per heavy atom. The SMILES string of the molecule is Cc1cc(C)n(-c2ccc(Br)cc2CN)n1. The molecule has 0 aliphatic heterocycles. The molecule has 0 atom stereocenters. The Hall–Kier alpha value is -1.13. The van der Waals surface area contributed by atoms with Gasteiger partial charge in [0.15, 0.2) is 0 Å². The fourth-order valence-electron chi connectivity index (χ4n) is 1.80.